The van der Waals surface area contributed by atoms with E-state index < -0.39 is 25.6 Å². The SMILES string of the molecule is CCCCCCCCC(O)CO.CCCCCCCCC(O)CO.CCCCCCCCC(O)CO.OB(O)O. The summed E-state index contributed by atoms with van der Waals surface area (Å²) in [5, 5.41) is 74.1. The Hall–Kier alpha value is -0.295. The average Bonchev–Trinajstić information content (AvgIpc) is 2.94. The number of hydrogen-bond acceptors (Lipinski definition) is 9. The van der Waals surface area contributed by atoms with E-state index in [4.69, 9.17) is 45.7 Å². The molecule has 0 radical (unpaired) electrons. The second kappa shape index (κ2) is 43.2. The van der Waals surface area contributed by atoms with Crippen LogP contribution in [0.2, 0.25) is 0 Å². The summed E-state index contributed by atoms with van der Waals surface area (Å²) in [7, 11) is -2.17. The highest BCUT2D eigenvalue weighted by atomic mass is 16.5. The lowest BCUT2D eigenvalue weighted by Crippen LogP contribution is -2.10. The predicted octanol–water partition coefficient (Wildman–Crippen LogP) is 4.22. The zero-order chi connectivity index (χ0) is 31.3. The van der Waals surface area contributed by atoms with Crippen LogP contribution in [0.3, 0.4) is 0 Å². The Morgan fingerprint density at radius 1 is 0.375 bits per heavy atom. The standard InChI is InChI=1S/3C10H22O2.BH3O3/c3*1-2-3-4-5-6-7-8-10(12)9-11;2-1(3)4/h3*10-12H,2-9H2,1H3;2-4H. The maximum atomic E-state index is 9.01. The number of rotatable bonds is 24. The summed E-state index contributed by atoms with van der Waals surface area (Å²) in [6.45, 7) is 6.35. The zero-order valence-corrected chi connectivity index (χ0v) is 26.3. The maximum Gasteiger partial charge on any atom is 0.631 e. The molecule has 3 unspecified atom stereocenters. The number of unbranched alkanes of at least 4 members (excludes halogenated alkanes) is 15. The molecule has 9 N–H and O–H groups in total. The highest BCUT2D eigenvalue weighted by Gasteiger charge is 2.01. The lowest BCUT2D eigenvalue weighted by atomic mass is 10.1. The van der Waals surface area contributed by atoms with Crippen molar-refractivity contribution in [1.82, 2.24) is 0 Å². The smallest absolute Gasteiger partial charge is 0.402 e. The molecule has 0 rings (SSSR count). The Bertz CT molecular complexity index is 352. The fourth-order valence-electron chi connectivity index (χ4n) is 3.75. The summed E-state index contributed by atoms with van der Waals surface area (Å²) in [6.07, 6.45) is 23.0. The maximum absolute atomic E-state index is 9.01. The van der Waals surface area contributed by atoms with Crippen molar-refractivity contribution in [3.63, 3.8) is 0 Å². The molecule has 246 valence electrons. The minimum absolute atomic E-state index is 0.0883. The third-order valence-electron chi connectivity index (χ3n) is 6.30. The third kappa shape index (κ3) is 57.6. The molecule has 0 heterocycles. The van der Waals surface area contributed by atoms with Gasteiger partial charge < -0.3 is 45.7 Å². The largest absolute Gasteiger partial charge is 0.631 e. The molecule has 0 bridgehead atoms. The van der Waals surface area contributed by atoms with Gasteiger partial charge in [0.15, 0.2) is 0 Å². The van der Waals surface area contributed by atoms with Crippen molar-refractivity contribution < 1.29 is 45.7 Å². The summed E-state index contributed by atoms with van der Waals surface area (Å²) in [4.78, 5) is 0. The van der Waals surface area contributed by atoms with Crippen molar-refractivity contribution in [3.05, 3.63) is 0 Å². The number of hydrogen-bond donors (Lipinski definition) is 9. The Balaban J connectivity index is -0.000000227. The van der Waals surface area contributed by atoms with Gasteiger partial charge in [0.05, 0.1) is 38.1 Å². The molecule has 0 spiro atoms. The molecule has 10 heteroatoms. The molecule has 0 aliphatic heterocycles. The summed E-state index contributed by atoms with van der Waals surface area (Å²) in [5.41, 5.74) is 0. The van der Waals surface area contributed by atoms with Crippen LogP contribution in [0.4, 0.5) is 0 Å². The summed E-state index contributed by atoms with van der Waals surface area (Å²) in [6, 6.07) is 0. The van der Waals surface area contributed by atoms with Gasteiger partial charge in [-0.2, -0.15) is 0 Å². The molecule has 0 aromatic carbocycles. The molecule has 9 nitrogen and oxygen atoms in total. The predicted molar refractivity (Wildman–Crippen MR) is 166 cm³/mol. The average molecular weight is 585 g/mol. The van der Waals surface area contributed by atoms with Crippen LogP contribution in [0.15, 0.2) is 0 Å². The van der Waals surface area contributed by atoms with Gasteiger partial charge in [0.25, 0.3) is 0 Å². The van der Waals surface area contributed by atoms with Crippen LogP contribution in [0, 0.1) is 0 Å². The van der Waals surface area contributed by atoms with Crippen molar-refractivity contribution >= 4 is 7.32 Å². The first-order chi connectivity index (χ1) is 19.2. The first kappa shape index (κ1) is 46.7. The van der Waals surface area contributed by atoms with Crippen LogP contribution in [-0.4, -0.2) is 91.2 Å². The van der Waals surface area contributed by atoms with E-state index in [0.717, 1.165) is 38.5 Å². The van der Waals surface area contributed by atoms with Gasteiger partial charge in [-0.05, 0) is 19.3 Å². The van der Waals surface area contributed by atoms with E-state index in [-0.39, 0.29) is 19.8 Å². The van der Waals surface area contributed by atoms with Gasteiger partial charge in [0, 0.05) is 0 Å². The molecule has 0 fully saturated rings. The Morgan fingerprint density at radius 2 is 0.550 bits per heavy atom. The van der Waals surface area contributed by atoms with Crippen molar-refractivity contribution in [2.75, 3.05) is 19.8 Å². The normalized spacial score (nSPS) is 12.6. The zero-order valence-electron chi connectivity index (χ0n) is 26.3. The lowest BCUT2D eigenvalue weighted by Gasteiger charge is -2.05. The Morgan fingerprint density at radius 3 is 0.725 bits per heavy atom. The second-order valence-corrected chi connectivity index (χ2v) is 10.5. The summed E-state index contributed by atoms with van der Waals surface area (Å²) in [5.74, 6) is 0. The van der Waals surface area contributed by atoms with Gasteiger partial charge >= 0.3 is 7.32 Å². The lowest BCUT2D eigenvalue weighted by molar-refractivity contribution is 0.0859. The quantitative estimate of drug-likeness (QED) is 0.0592. The molecular formula is C30H69BO9. The fourth-order valence-corrected chi connectivity index (χ4v) is 3.75. The van der Waals surface area contributed by atoms with Gasteiger partial charge in [-0.25, -0.2) is 0 Å². The van der Waals surface area contributed by atoms with Crippen LogP contribution in [0.5, 0.6) is 0 Å². The van der Waals surface area contributed by atoms with Crippen LogP contribution in [-0.2, 0) is 0 Å². The molecule has 40 heavy (non-hydrogen) atoms. The van der Waals surface area contributed by atoms with E-state index in [1.165, 1.54) is 96.3 Å². The van der Waals surface area contributed by atoms with Crippen LogP contribution >= 0.6 is 0 Å². The first-order valence-corrected chi connectivity index (χ1v) is 16.1. The molecule has 3 atom stereocenters. The van der Waals surface area contributed by atoms with Crippen molar-refractivity contribution in [2.24, 2.45) is 0 Å². The van der Waals surface area contributed by atoms with Gasteiger partial charge in [-0.3, -0.25) is 0 Å². The van der Waals surface area contributed by atoms with E-state index >= 15 is 0 Å². The highest BCUT2D eigenvalue weighted by Crippen LogP contribution is 2.10. The molecule has 0 aliphatic rings. The Labute approximate surface area is 246 Å². The fraction of sp³-hybridized carbons (Fsp3) is 1.00. The monoisotopic (exact) mass is 585 g/mol. The minimum atomic E-state index is -2.17. The van der Waals surface area contributed by atoms with E-state index in [0.29, 0.717) is 0 Å². The Kier molecular flexibility index (Phi) is 50.3. The number of aliphatic hydroxyl groups excluding tert-OH is 6. The van der Waals surface area contributed by atoms with E-state index in [1.54, 1.807) is 0 Å². The molecule has 0 amide bonds. The molecule has 0 aliphatic carbocycles. The van der Waals surface area contributed by atoms with Crippen LogP contribution in [0.1, 0.15) is 156 Å². The minimum Gasteiger partial charge on any atom is -0.402 e. The number of aliphatic hydroxyl groups is 6. The topological polar surface area (TPSA) is 182 Å². The molecule has 0 aromatic heterocycles. The van der Waals surface area contributed by atoms with Gasteiger partial charge in [-0.1, -0.05) is 136 Å². The van der Waals surface area contributed by atoms with E-state index in [9.17, 15) is 0 Å². The second-order valence-electron chi connectivity index (χ2n) is 10.5. The first-order valence-electron chi connectivity index (χ1n) is 16.1. The van der Waals surface area contributed by atoms with Crippen molar-refractivity contribution in [2.45, 2.75) is 174 Å². The molecule has 0 saturated carbocycles. The highest BCUT2D eigenvalue weighted by molar-refractivity contribution is 6.30. The van der Waals surface area contributed by atoms with E-state index in [1.807, 2.05) is 0 Å². The summed E-state index contributed by atoms with van der Waals surface area (Å²) >= 11 is 0. The van der Waals surface area contributed by atoms with Gasteiger partial charge in [0.1, 0.15) is 0 Å². The van der Waals surface area contributed by atoms with Crippen molar-refractivity contribution in [3.8, 4) is 0 Å². The molecular weight excluding hydrogens is 515 g/mol. The molecule has 0 saturated heterocycles. The molecule has 0 aromatic rings. The van der Waals surface area contributed by atoms with Gasteiger partial charge in [0.2, 0.25) is 0 Å². The van der Waals surface area contributed by atoms with Crippen LogP contribution < -0.4 is 0 Å². The van der Waals surface area contributed by atoms with Gasteiger partial charge in [-0.15, -0.1) is 0 Å². The summed E-state index contributed by atoms with van der Waals surface area (Å²) < 4.78 is 0. The van der Waals surface area contributed by atoms with Crippen LogP contribution in [0.25, 0.3) is 0 Å². The van der Waals surface area contributed by atoms with Crippen molar-refractivity contribution in [1.29, 1.82) is 0 Å². The third-order valence-corrected chi connectivity index (χ3v) is 6.30. The van der Waals surface area contributed by atoms with E-state index in [2.05, 4.69) is 20.8 Å².